The molecule has 0 atom stereocenters. The third kappa shape index (κ3) is 4.70. The van der Waals surface area contributed by atoms with E-state index in [0.29, 0.717) is 0 Å². The lowest BCUT2D eigenvalue weighted by Crippen LogP contribution is -2.24. The largest absolute Gasteiger partial charge is 0.484 e. The van der Waals surface area contributed by atoms with E-state index in [1.54, 1.807) is 34.6 Å². The average molecular weight is 299 g/mol. The Morgan fingerprint density at radius 3 is 2.33 bits per heavy atom. The molecular formula is C14H18FNO5. The molecule has 0 bridgehead atoms. The van der Waals surface area contributed by atoms with Gasteiger partial charge < -0.3 is 9.47 Å². The normalized spacial score (nSPS) is 11.4. The standard InChI is InChI=1S/C14H18FNO5/c1-8(2)20-11-7-9(13(17)21-14(3,4)5)6-10(15)12(11)16(18)19/h6-8H,1-5H3. The summed E-state index contributed by atoms with van der Waals surface area (Å²) >= 11 is 0. The van der Waals surface area contributed by atoms with Crippen LogP contribution in [0.5, 0.6) is 5.75 Å². The molecule has 1 aromatic rings. The van der Waals surface area contributed by atoms with Crippen LogP contribution in [0.25, 0.3) is 0 Å². The van der Waals surface area contributed by atoms with E-state index < -0.39 is 34.1 Å². The van der Waals surface area contributed by atoms with Crippen LogP contribution in [-0.4, -0.2) is 22.6 Å². The second kappa shape index (κ2) is 6.07. The molecule has 0 aliphatic carbocycles. The van der Waals surface area contributed by atoms with Crippen LogP contribution >= 0.6 is 0 Å². The first-order valence-corrected chi connectivity index (χ1v) is 6.39. The van der Waals surface area contributed by atoms with Crippen LogP contribution in [0.4, 0.5) is 10.1 Å². The van der Waals surface area contributed by atoms with Gasteiger partial charge in [-0.2, -0.15) is 4.39 Å². The lowest BCUT2D eigenvalue weighted by atomic mass is 10.1. The first-order chi connectivity index (χ1) is 9.51. The Morgan fingerprint density at radius 2 is 1.90 bits per heavy atom. The summed E-state index contributed by atoms with van der Waals surface area (Å²) in [7, 11) is 0. The highest BCUT2D eigenvalue weighted by molar-refractivity contribution is 5.90. The highest BCUT2D eigenvalue weighted by Crippen LogP contribution is 2.32. The van der Waals surface area contributed by atoms with Gasteiger partial charge in [0, 0.05) is 6.07 Å². The van der Waals surface area contributed by atoms with Gasteiger partial charge in [-0.1, -0.05) is 0 Å². The minimum atomic E-state index is -1.14. The highest BCUT2D eigenvalue weighted by Gasteiger charge is 2.27. The van der Waals surface area contributed by atoms with Gasteiger partial charge in [0.25, 0.3) is 0 Å². The molecule has 116 valence electrons. The van der Waals surface area contributed by atoms with E-state index in [1.165, 1.54) is 0 Å². The zero-order valence-electron chi connectivity index (χ0n) is 12.6. The van der Waals surface area contributed by atoms with Crippen LogP contribution in [-0.2, 0) is 4.74 Å². The quantitative estimate of drug-likeness (QED) is 0.483. The molecule has 0 unspecified atom stereocenters. The summed E-state index contributed by atoms with van der Waals surface area (Å²) in [5.74, 6) is -2.21. The summed E-state index contributed by atoms with van der Waals surface area (Å²) in [6, 6.07) is 1.90. The highest BCUT2D eigenvalue weighted by atomic mass is 19.1. The first-order valence-electron chi connectivity index (χ1n) is 6.39. The maximum Gasteiger partial charge on any atom is 0.346 e. The molecule has 7 heteroatoms. The van der Waals surface area contributed by atoms with Crippen molar-refractivity contribution in [3.63, 3.8) is 0 Å². The SMILES string of the molecule is CC(C)Oc1cc(C(=O)OC(C)(C)C)cc(F)c1[N+](=O)[O-]. The minimum absolute atomic E-state index is 0.135. The van der Waals surface area contributed by atoms with Crippen molar-refractivity contribution < 1.29 is 23.6 Å². The summed E-state index contributed by atoms with van der Waals surface area (Å²) in [5.41, 5.74) is -1.69. The number of nitrogens with zero attached hydrogens (tertiary/aromatic N) is 1. The molecule has 6 nitrogen and oxygen atoms in total. The van der Waals surface area contributed by atoms with Crippen LogP contribution in [0.2, 0.25) is 0 Å². The third-order valence-corrected chi connectivity index (χ3v) is 2.21. The van der Waals surface area contributed by atoms with Gasteiger partial charge in [-0.15, -0.1) is 0 Å². The minimum Gasteiger partial charge on any atom is -0.484 e. The van der Waals surface area contributed by atoms with E-state index in [2.05, 4.69) is 0 Å². The molecule has 21 heavy (non-hydrogen) atoms. The summed E-state index contributed by atoms with van der Waals surface area (Å²) in [5, 5.41) is 10.9. The number of hydrogen-bond donors (Lipinski definition) is 0. The Bertz CT molecular complexity index is 563. The van der Waals surface area contributed by atoms with Crippen molar-refractivity contribution in [2.45, 2.75) is 46.3 Å². The van der Waals surface area contributed by atoms with Gasteiger partial charge in [-0.25, -0.2) is 4.79 Å². The molecular weight excluding hydrogens is 281 g/mol. The molecule has 0 saturated heterocycles. The predicted molar refractivity (Wildman–Crippen MR) is 74.0 cm³/mol. The fourth-order valence-electron chi connectivity index (χ4n) is 1.55. The topological polar surface area (TPSA) is 78.7 Å². The van der Waals surface area contributed by atoms with Gasteiger partial charge in [0.05, 0.1) is 16.6 Å². The maximum absolute atomic E-state index is 13.9. The Hall–Kier alpha value is -2.18. The number of carbonyl (C=O) groups excluding carboxylic acids is 1. The smallest absolute Gasteiger partial charge is 0.346 e. The molecule has 1 aromatic carbocycles. The van der Waals surface area contributed by atoms with E-state index in [4.69, 9.17) is 9.47 Å². The van der Waals surface area contributed by atoms with Crippen molar-refractivity contribution >= 4 is 11.7 Å². The Balaban J connectivity index is 3.28. The summed E-state index contributed by atoms with van der Waals surface area (Å²) in [6.07, 6.45) is -0.406. The van der Waals surface area contributed by atoms with Gasteiger partial charge in [0.15, 0.2) is 0 Å². The van der Waals surface area contributed by atoms with Gasteiger partial charge >= 0.3 is 11.7 Å². The van der Waals surface area contributed by atoms with E-state index in [9.17, 15) is 19.3 Å². The predicted octanol–water partition coefficient (Wildman–Crippen LogP) is 3.48. The molecule has 0 saturated carbocycles. The lowest BCUT2D eigenvalue weighted by molar-refractivity contribution is -0.388. The zero-order valence-corrected chi connectivity index (χ0v) is 12.6. The summed E-state index contributed by atoms with van der Waals surface area (Å²) in [6.45, 7) is 8.28. The zero-order chi connectivity index (χ0) is 16.4. The van der Waals surface area contributed by atoms with Gasteiger partial charge in [0.1, 0.15) is 5.60 Å². The van der Waals surface area contributed by atoms with Crippen LogP contribution in [0.15, 0.2) is 12.1 Å². The molecule has 0 aromatic heterocycles. The number of esters is 1. The van der Waals surface area contributed by atoms with Crippen LogP contribution in [0, 0.1) is 15.9 Å². The fraction of sp³-hybridized carbons (Fsp3) is 0.500. The number of nitro benzene ring substituents is 1. The van der Waals surface area contributed by atoms with E-state index in [1.807, 2.05) is 0 Å². The first kappa shape index (κ1) is 16.9. The molecule has 0 heterocycles. The number of ether oxygens (including phenoxy) is 2. The second-order valence-electron chi connectivity index (χ2n) is 5.73. The van der Waals surface area contributed by atoms with Gasteiger partial charge in [0.2, 0.25) is 11.6 Å². The van der Waals surface area contributed by atoms with Crippen LogP contribution in [0.3, 0.4) is 0 Å². The van der Waals surface area contributed by atoms with Crippen molar-refractivity contribution in [1.29, 1.82) is 0 Å². The molecule has 0 spiro atoms. The number of carbonyl (C=O) groups is 1. The van der Waals surface area contributed by atoms with Gasteiger partial charge in [-0.05, 0) is 40.7 Å². The Morgan fingerprint density at radius 1 is 1.33 bits per heavy atom. The van der Waals surface area contributed by atoms with Crippen molar-refractivity contribution in [1.82, 2.24) is 0 Å². The molecule has 0 aliphatic heterocycles. The maximum atomic E-state index is 13.9. The van der Waals surface area contributed by atoms with E-state index >= 15 is 0 Å². The average Bonchev–Trinajstić information content (AvgIpc) is 2.23. The monoisotopic (exact) mass is 299 g/mol. The van der Waals surface area contributed by atoms with Crippen molar-refractivity contribution in [3.8, 4) is 5.75 Å². The molecule has 0 radical (unpaired) electrons. The molecule has 1 rings (SSSR count). The number of nitro groups is 1. The van der Waals surface area contributed by atoms with E-state index in [-0.39, 0.29) is 11.3 Å². The molecule has 0 N–H and O–H groups in total. The lowest BCUT2D eigenvalue weighted by Gasteiger charge is -2.20. The fourth-order valence-corrected chi connectivity index (χ4v) is 1.55. The van der Waals surface area contributed by atoms with Crippen molar-refractivity contribution in [3.05, 3.63) is 33.6 Å². The van der Waals surface area contributed by atoms with Gasteiger partial charge in [-0.3, -0.25) is 10.1 Å². The number of benzene rings is 1. The summed E-state index contributed by atoms with van der Waals surface area (Å²) in [4.78, 5) is 21.9. The molecule has 0 fully saturated rings. The Labute approximate surface area is 122 Å². The molecule has 0 amide bonds. The summed E-state index contributed by atoms with van der Waals surface area (Å²) < 4.78 is 24.2. The second-order valence-corrected chi connectivity index (χ2v) is 5.73. The number of halogens is 1. The Kier molecular flexibility index (Phi) is 4.88. The van der Waals surface area contributed by atoms with Crippen LogP contribution in [0.1, 0.15) is 45.0 Å². The molecule has 0 aliphatic rings. The van der Waals surface area contributed by atoms with E-state index in [0.717, 1.165) is 12.1 Å². The van der Waals surface area contributed by atoms with Crippen molar-refractivity contribution in [2.24, 2.45) is 0 Å². The van der Waals surface area contributed by atoms with Crippen molar-refractivity contribution in [2.75, 3.05) is 0 Å². The third-order valence-electron chi connectivity index (χ3n) is 2.21. The number of rotatable bonds is 4. The number of hydrogen-bond acceptors (Lipinski definition) is 5. The van der Waals surface area contributed by atoms with Crippen LogP contribution < -0.4 is 4.74 Å².